The Morgan fingerprint density at radius 2 is 2.10 bits per heavy atom. The molecule has 0 spiro atoms. The number of benzene rings is 1. The van der Waals surface area contributed by atoms with Crippen LogP contribution in [0.15, 0.2) is 18.2 Å². The molecule has 0 aliphatic carbocycles. The lowest BCUT2D eigenvalue weighted by atomic mass is 10.0. The van der Waals surface area contributed by atoms with Crippen LogP contribution < -0.4 is 15.8 Å². The summed E-state index contributed by atoms with van der Waals surface area (Å²) in [6, 6.07) is 2.28. The summed E-state index contributed by atoms with van der Waals surface area (Å²) in [5.41, 5.74) is 3.09. The van der Waals surface area contributed by atoms with E-state index >= 15 is 0 Å². The molecule has 20 heavy (non-hydrogen) atoms. The zero-order valence-corrected chi connectivity index (χ0v) is 10.6. The van der Waals surface area contributed by atoms with Crippen LogP contribution in [0.4, 0.5) is 23.7 Å². The fourth-order valence-corrected chi connectivity index (χ4v) is 1.77. The zero-order valence-electron chi connectivity index (χ0n) is 10.6. The first-order valence-corrected chi connectivity index (χ1v) is 5.74. The number of carbonyl (C=O) groups excluding carboxylic acids is 1. The summed E-state index contributed by atoms with van der Waals surface area (Å²) < 4.78 is 49.3. The summed E-state index contributed by atoms with van der Waals surface area (Å²) >= 11 is 0. The second kappa shape index (κ2) is 4.86. The van der Waals surface area contributed by atoms with E-state index in [0.29, 0.717) is 0 Å². The van der Waals surface area contributed by atoms with E-state index in [4.69, 9.17) is 15.2 Å². The average molecular weight is 290 g/mol. The van der Waals surface area contributed by atoms with Crippen molar-refractivity contribution in [2.75, 3.05) is 18.5 Å². The van der Waals surface area contributed by atoms with Gasteiger partial charge in [-0.2, -0.15) is 13.2 Å². The number of nitrogens with one attached hydrogen (secondary N) is 1. The van der Waals surface area contributed by atoms with Crippen LogP contribution >= 0.6 is 0 Å². The first-order chi connectivity index (χ1) is 9.20. The van der Waals surface area contributed by atoms with Gasteiger partial charge in [0.25, 0.3) is 0 Å². The number of carbonyl (C=O) groups is 1. The van der Waals surface area contributed by atoms with Gasteiger partial charge < -0.3 is 20.5 Å². The van der Waals surface area contributed by atoms with Gasteiger partial charge >= 0.3 is 12.2 Å². The lowest BCUT2D eigenvalue weighted by Crippen LogP contribution is -2.51. The minimum atomic E-state index is -4.61. The molecule has 0 radical (unpaired) electrons. The molecule has 8 heteroatoms. The molecule has 0 unspecified atom stereocenters. The number of hydrogen-bond donors (Lipinski definition) is 2. The molecule has 0 saturated carbocycles. The van der Waals surface area contributed by atoms with Crippen LogP contribution in [-0.4, -0.2) is 24.8 Å². The SMILES string of the molecule is CC1(Oc2ccc(NC(N)=O)cc2C(F)(F)F)COC1. The Morgan fingerprint density at radius 3 is 2.55 bits per heavy atom. The largest absolute Gasteiger partial charge is 0.482 e. The van der Waals surface area contributed by atoms with Gasteiger partial charge in [-0.15, -0.1) is 0 Å². The highest BCUT2D eigenvalue weighted by Crippen LogP contribution is 2.40. The summed E-state index contributed by atoms with van der Waals surface area (Å²) in [5.74, 6) is -0.307. The zero-order chi connectivity index (χ0) is 15.0. The Balaban J connectivity index is 2.32. The van der Waals surface area contributed by atoms with E-state index in [0.717, 1.165) is 12.1 Å². The van der Waals surface area contributed by atoms with Gasteiger partial charge in [-0.3, -0.25) is 0 Å². The van der Waals surface area contributed by atoms with Gasteiger partial charge in [0.15, 0.2) is 5.60 Å². The molecule has 1 aromatic carbocycles. The van der Waals surface area contributed by atoms with E-state index in [1.54, 1.807) is 6.92 Å². The van der Waals surface area contributed by atoms with Gasteiger partial charge in [-0.05, 0) is 25.1 Å². The molecule has 110 valence electrons. The number of hydrogen-bond acceptors (Lipinski definition) is 3. The van der Waals surface area contributed by atoms with E-state index in [2.05, 4.69) is 5.32 Å². The average Bonchev–Trinajstić information content (AvgIpc) is 2.27. The van der Waals surface area contributed by atoms with E-state index in [1.165, 1.54) is 6.07 Å². The van der Waals surface area contributed by atoms with Gasteiger partial charge in [0.1, 0.15) is 5.75 Å². The van der Waals surface area contributed by atoms with Crippen molar-refractivity contribution in [2.45, 2.75) is 18.7 Å². The smallest absolute Gasteiger partial charge is 0.420 e. The number of amides is 2. The van der Waals surface area contributed by atoms with Crippen molar-refractivity contribution in [3.63, 3.8) is 0 Å². The quantitative estimate of drug-likeness (QED) is 0.897. The summed E-state index contributed by atoms with van der Waals surface area (Å²) in [4.78, 5) is 10.7. The van der Waals surface area contributed by atoms with Crippen LogP contribution in [-0.2, 0) is 10.9 Å². The topological polar surface area (TPSA) is 73.6 Å². The molecular weight excluding hydrogens is 277 g/mol. The molecule has 1 aliphatic rings. The van der Waals surface area contributed by atoms with Gasteiger partial charge in [0, 0.05) is 5.69 Å². The number of anilines is 1. The molecule has 0 bridgehead atoms. The second-order valence-corrected chi connectivity index (χ2v) is 4.74. The third-order valence-electron chi connectivity index (χ3n) is 2.72. The number of nitrogens with two attached hydrogens (primary N) is 1. The van der Waals surface area contributed by atoms with E-state index < -0.39 is 23.4 Å². The predicted molar refractivity (Wildman–Crippen MR) is 64.5 cm³/mol. The second-order valence-electron chi connectivity index (χ2n) is 4.74. The molecule has 0 atom stereocenters. The minimum absolute atomic E-state index is 0.0489. The number of primary amides is 1. The molecule has 0 aromatic heterocycles. The van der Waals surface area contributed by atoms with Crippen molar-refractivity contribution < 1.29 is 27.4 Å². The van der Waals surface area contributed by atoms with Crippen LogP contribution in [0, 0.1) is 0 Å². The Bertz CT molecular complexity index is 527. The highest BCUT2D eigenvalue weighted by atomic mass is 19.4. The number of alkyl halides is 3. The lowest BCUT2D eigenvalue weighted by Gasteiger charge is -2.38. The molecule has 1 aliphatic heterocycles. The summed E-state index contributed by atoms with van der Waals surface area (Å²) in [6.45, 7) is 2.11. The summed E-state index contributed by atoms with van der Waals surface area (Å²) in [7, 11) is 0. The van der Waals surface area contributed by atoms with E-state index in [1.807, 2.05) is 0 Å². The van der Waals surface area contributed by atoms with Crippen LogP contribution in [0.5, 0.6) is 5.75 Å². The number of ether oxygens (including phenoxy) is 2. The maximum Gasteiger partial charge on any atom is 0.420 e. The molecule has 1 heterocycles. The molecule has 2 amide bonds. The predicted octanol–water partition coefficient (Wildman–Crippen LogP) is 2.36. The van der Waals surface area contributed by atoms with E-state index in [-0.39, 0.29) is 24.7 Å². The molecule has 1 saturated heterocycles. The monoisotopic (exact) mass is 290 g/mol. The van der Waals surface area contributed by atoms with Gasteiger partial charge in [0.05, 0.1) is 18.8 Å². The lowest BCUT2D eigenvalue weighted by molar-refractivity contribution is -0.160. The van der Waals surface area contributed by atoms with Crippen LogP contribution in [0.3, 0.4) is 0 Å². The standard InChI is InChI=1S/C12H13F3N2O3/c1-11(5-19-6-11)20-9-3-2-7(17-10(16)18)4-8(9)12(13,14)15/h2-4H,5-6H2,1H3,(H3,16,17,18). The van der Waals surface area contributed by atoms with Gasteiger partial charge in [-0.25, -0.2) is 4.79 Å². The van der Waals surface area contributed by atoms with Crippen molar-refractivity contribution in [1.82, 2.24) is 0 Å². The third-order valence-corrected chi connectivity index (χ3v) is 2.72. The Hall–Kier alpha value is -1.96. The Kier molecular flexibility index (Phi) is 3.51. The fourth-order valence-electron chi connectivity index (χ4n) is 1.77. The van der Waals surface area contributed by atoms with Crippen molar-refractivity contribution in [3.05, 3.63) is 23.8 Å². The van der Waals surface area contributed by atoms with Crippen LogP contribution in [0.25, 0.3) is 0 Å². The normalized spacial score (nSPS) is 17.2. The summed E-state index contributed by atoms with van der Waals surface area (Å²) in [6.07, 6.45) is -4.61. The number of urea groups is 1. The molecule has 1 fully saturated rings. The molecule has 5 nitrogen and oxygen atoms in total. The highest BCUT2D eigenvalue weighted by molar-refractivity contribution is 5.88. The van der Waals surface area contributed by atoms with Crippen molar-refractivity contribution in [1.29, 1.82) is 0 Å². The van der Waals surface area contributed by atoms with Crippen molar-refractivity contribution in [3.8, 4) is 5.75 Å². The fraction of sp³-hybridized carbons (Fsp3) is 0.417. The van der Waals surface area contributed by atoms with E-state index in [9.17, 15) is 18.0 Å². The third kappa shape index (κ3) is 3.13. The van der Waals surface area contributed by atoms with Gasteiger partial charge in [0.2, 0.25) is 0 Å². The van der Waals surface area contributed by atoms with Gasteiger partial charge in [-0.1, -0.05) is 0 Å². The van der Waals surface area contributed by atoms with Crippen molar-refractivity contribution >= 4 is 11.7 Å². The maximum absolute atomic E-state index is 13.0. The number of rotatable bonds is 3. The first kappa shape index (κ1) is 14.4. The van der Waals surface area contributed by atoms with Crippen molar-refractivity contribution in [2.24, 2.45) is 5.73 Å². The molecular formula is C12H13F3N2O3. The highest BCUT2D eigenvalue weighted by Gasteiger charge is 2.40. The first-order valence-electron chi connectivity index (χ1n) is 5.74. The molecule has 2 rings (SSSR count). The molecule has 1 aromatic rings. The van der Waals surface area contributed by atoms with Crippen LogP contribution in [0.2, 0.25) is 0 Å². The van der Waals surface area contributed by atoms with Crippen LogP contribution in [0.1, 0.15) is 12.5 Å². The molecule has 3 N–H and O–H groups in total. The minimum Gasteiger partial charge on any atom is -0.482 e. The summed E-state index contributed by atoms with van der Waals surface area (Å²) in [5, 5.41) is 2.09. The maximum atomic E-state index is 13.0. The Labute approximate surface area is 112 Å². The number of halogens is 3. The Morgan fingerprint density at radius 1 is 1.45 bits per heavy atom.